The van der Waals surface area contributed by atoms with Crippen LogP contribution in [-0.2, 0) is 6.18 Å². The number of pyridine rings is 1. The van der Waals surface area contributed by atoms with Gasteiger partial charge >= 0.3 is 6.18 Å². The molecule has 1 saturated heterocycles. The Hall–Kier alpha value is -3.77. The van der Waals surface area contributed by atoms with Gasteiger partial charge in [-0.15, -0.1) is 0 Å². The maximum absolute atomic E-state index is 14.8. The van der Waals surface area contributed by atoms with Crippen LogP contribution in [0.5, 0.6) is 5.88 Å². The highest BCUT2D eigenvalue weighted by atomic mass is 28.3. The molecule has 0 saturated carbocycles. The summed E-state index contributed by atoms with van der Waals surface area (Å²) in [4.78, 5) is 33.0. The van der Waals surface area contributed by atoms with Crippen LogP contribution in [0.1, 0.15) is 26.4 Å². The minimum absolute atomic E-state index is 0.148. The molecule has 0 radical (unpaired) electrons. The molecule has 1 aliphatic heterocycles. The number of carbonyl (C=O) groups excluding carboxylic acids is 2. The van der Waals surface area contributed by atoms with Crippen molar-refractivity contribution in [3.63, 3.8) is 0 Å². The lowest BCUT2D eigenvalue weighted by atomic mass is 10.0. The van der Waals surface area contributed by atoms with Crippen molar-refractivity contribution in [2.75, 3.05) is 50.1 Å². The van der Waals surface area contributed by atoms with Gasteiger partial charge in [0.25, 0.3) is 5.91 Å². The number of halogens is 4. The number of nitrogens with zero attached hydrogens (tertiary/aromatic N) is 3. The SMILES string of the molecule is CN1CCN(c2ccc(-c3cc(C=O)ccc3F)cc2NC(=O)c2cc(C(F)(F)F)cc(OCC[Si](C)(C)C)n2)CC1. The molecule has 0 spiro atoms. The summed E-state index contributed by atoms with van der Waals surface area (Å²) in [7, 11) is 0.468. The van der Waals surface area contributed by atoms with Crippen LogP contribution in [0.2, 0.25) is 25.7 Å². The molecule has 0 aliphatic carbocycles. The summed E-state index contributed by atoms with van der Waals surface area (Å²) in [6, 6.07) is 11.1. The molecule has 7 nitrogen and oxygen atoms in total. The third-order valence-corrected chi connectivity index (χ3v) is 8.69. The Kier molecular flexibility index (Phi) is 9.36. The molecule has 4 rings (SSSR count). The summed E-state index contributed by atoms with van der Waals surface area (Å²) in [5.74, 6) is -1.72. The molecular formula is C30H34F4N4O3Si. The molecule has 12 heteroatoms. The lowest BCUT2D eigenvalue weighted by molar-refractivity contribution is -0.137. The summed E-state index contributed by atoms with van der Waals surface area (Å²) in [5, 5.41) is 2.72. The van der Waals surface area contributed by atoms with Crippen molar-refractivity contribution < 1.29 is 31.9 Å². The standard InChI is InChI=1S/C30H34F4N4O3Si/c1-37-9-11-38(12-10-37)27-8-6-21(23-15-20(19-39)5-7-24(23)31)16-25(27)36-29(40)26-17-22(30(32,33)34)18-28(35-26)41-13-14-42(2,3)4/h5-8,15-19H,9-14H2,1-4H3,(H,36,40). The van der Waals surface area contributed by atoms with Crippen LogP contribution in [0.3, 0.4) is 0 Å². The molecule has 42 heavy (non-hydrogen) atoms. The predicted octanol–water partition coefficient (Wildman–Crippen LogP) is 6.44. The molecule has 0 atom stereocenters. The van der Waals surface area contributed by atoms with Crippen LogP contribution in [-0.4, -0.2) is 70.0 Å². The number of piperazine rings is 1. The van der Waals surface area contributed by atoms with E-state index in [0.717, 1.165) is 19.2 Å². The summed E-state index contributed by atoms with van der Waals surface area (Å²) in [6.45, 7) is 9.34. The van der Waals surface area contributed by atoms with Gasteiger partial charge in [-0.2, -0.15) is 13.2 Å². The number of hydrogen-bond acceptors (Lipinski definition) is 6. The van der Waals surface area contributed by atoms with Crippen LogP contribution in [0.4, 0.5) is 28.9 Å². The van der Waals surface area contributed by atoms with Gasteiger partial charge in [0.1, 0.15) is 17.8 Å². The zero-order valence-electron chi connectivity index (χ0n) is 24.0. The van der Waals surface area contributed by atoms with Gasteiger partial charge < -0.3 is 19.9 Å². The topological polar surface area (TPSA) is 74.8 Å². The van der Waals surface area contributed by atoms with E-state index >= 15 is 0 Å². The zero-order chi connectivity index (χ0) is 30.7. The molecule has 0 unspecified atom stereocenters. The van der Waals surface area contributed by atoms with Crippen molar-refractivity contribution in [2.24, 2.45) is 0 Å². The molecule has 1 aliphatic rings. The summed E-state index contributed by atoms with van der Waals surface area (Å²) < 4.78 is 61.6. The highest BCUT2D eigenvalue weighted by Crippen LogP contribution is 2.35. The number of aldehydes is 1. The molecule has 1 aromatic heterocycles. The number of amides is 1. The molecule has 1 fully saturated rings. The monoisotopic (exact) mass is 602 g/mol. The van der Waals surface area contributed by atoms with Gasteiger partial charge in [-0.3, -0.25) is 9.59 Å². The van der Waals surface area contributed by atoms with Crippen molar-refractivity contribution >= 4 is 31.6 Å². The van der Waals surface area contributed by atoms with E-state index in [1.165, 1.54) is 18.2 Å². The van der Waals surface area contributed by atoms with Crippen molar-refractivity contribution in [2.45, 2.75) is 31.9 Å². The summed E-state index contributed by atoms with van der Waals surface area (Å²) in [5.41, 5.74) is 0.203. The van der Waals surface area contributed by atoms with Gasteiger partial charge in [0.05, 0.1) is 23.5 Å². The lowest BCUT2D eigenvalue weighted by Crippen LogP contribution is -2.44. The lowest BCUT2D eigenvalue weighted by Gasteiger charge is -2.35. The van der Waals surface area contributed by atoms with Crippen molar-refractivity contribution in [1.82, 2.24) is 9.88 Å². The van der Waals surface area contributed by atoms with E-state index in [1.54, 1.807) is 18.2 Å². The van der Waals surface area contributed by atoms with E-state index in [2.05, 4.69) is 34.8 Å². The Morgan fingerprint density at radius 2 is 1.76 bits per heavy atom. The number of carbonyl (C=O) groups is 2. The van der Waals surface area contributed by atoms with Gasteiger partial charge in [0.15, 0.2) is 0 Å². The molecule has 1 N–H and O–H groups in total. The van der Waals surface area contributed by atoms with Crippen LogP contribution in [0.15, 0.2) is 48.5 Å². The van der Waals surface area contributed by atoms with Gasteiger partial charge in [-0.1, -0.05) is 25.7 Å². The molecular weight excluding hydrogens is 568 g/mol. The maximum atomic E-state index is 14.8. The van der Waals surface area contributed by atoms with E-state index in [9.17, 15) is 27.2 Å². The normalized spacial score (nSPS) is 14.5. The minimum Gasteiger partial charge on any atom is -0.478 e. The number of rotatable bonds is 9. The second-order valence-corrected chi connectivity index (χ2v) is 17.2. The average molecular weight is 603 g/mol. The third kappa shape index (κ3) is 7.94. The molecule has 2 heterocycles. The van der Waals surface area contributed by atoms with Gasteiger partial charge in [-0.25, -0.2) is 9.37 Å². The van der Waals surface area contributed by atoms with Gasteiger partial charge in [0, 0.05) is 51.4 Å². The first-order valence-electron chi connectivity index (χ1n) is 13.6. The fourth-order valence-corrected chi connectivity index (χ4v) is 5.19. The summed E-state index contributed by atoms with van der Waals surface area (Å²) >= 11 is 0. The molecule has 3 aromatic rings. The molecule has 224 valence electrons. The van der Waals surface area contributed by atoms with E-state index in [0.29, 0.717) is 42.7 Å². The molecule has 0 bridgehead atoms. The van der Waals surface area contributed by atoms with Crippen molar-refractivity contribution in [1.29, 1.82) is 0 Å². The Labute approximate surface area is 243 Å². The van der Waals surface area contributed by atoms with Crippen LogP contribution < -0.4 is 15.0 Å². The Bertz CT molecular complexity index is 1450. The fraction of sp³-hybridized carbons (Fsp3) is 0.367. The van der Waals surface area contributed by atoms with E-state index in [1.807, 2.05) is 11.9 Å². The number of ether oxygens (including phenoxy) is 1. The number of alkyl halides is 3. The maximum Gasteiger partial charge on any atom is 0.416 e. The number of anilines is 2. The van der Waals surface area contributed by atoms with Crippen LogP contribution in [0.25, 0.3) is 11.1 Å². The Morgan fingerprint density at radius 1 is 1.05 bits per heavy atom. The Morgan fingerprint density at radius 3 is 2.40 bits per heavy atom. The first-order chi connectivity index (χ1) is 19.7. The average Bonchev–Trinajstić information content (AvgIpc) is 2.92. The number of hydrogen-bond donors (Lipinski definition) is 1. The van der Waals surface area contributed by atoms with E-state index < -0.39 is 37.2 Å². The second kappa shape index (κ2) is 12.6. The van der Waals surface area contributed by atoms with E-state index in [4.69, 9.17) is 4.74 Å². The highest BCUT2D eigenvalue weighted by molar-refractivity contribution is 6.76. The second-order valence-electron chi connectivity index (χ2n) is 11.6. The van der Waals surface area contributed by atoms with Crippen LogP contribution >= 0.6 is 0 Å². The quantitative estimate of drug-likeness (QED) is 0.173. The van der Waals surface area contributed by atoms with E-state index in [-0.39, 0.29) is 29.3 Å². The minimum atomic E-state index is -4.72. The van der Waals surface area contributed by atoms with Gasteiger partial charge in [0.2, 0.25) is 5.88 Å². The van der Waals surface area contributed by atoms with Gasteiger partial charge in [-0.05, 0) is 55.1 Å². The summed E-state index contributed by atoms with van der Waals surface area (Å²) in [6.07, 6.45) is -4.12. The zero-order valence-corrected chi connectivity index (χ0v) is 25.0. The predicted molar refractivity (Wildman–Crippen MR) is 158 cm³/mol. The third-order valence-electron chi connectivity index (χ3n) is 6.99. The number of aromatic nitrogens is 1. The molecule has 1 amide bonds. The smallest absolute Gasteiger partial charge is 0.416 e. The van der Waals surface area contributed by atoms with Crippen LogP contribution in [0, 0.1) is 5.82 Å². The number of likely N-dealkylation sites (N-methyl/N-ethyl adjacent to an activating group) is 1. The first-order valence-corrected chi connectivity index (χ1v) is 17.3. The number of benzene rings is 2. The first kappa shape index (κ1) is 31.2. The molecule has 2 aromatic carbocycles. The number of nitrogens with one attached hydrogen (secondary N) is 1. The Balaban J connectivity index is 1.72. The largest absolute Gasteiger partial charge is 0.478 e. The van der Waals surface area contributed by atoms with Crippen molar-refractivity contribution in [3.05, 3.63) is 71.2 Å². The fourth-order valence-electron chi connectivity index (χ4n) is 4.47. The highest BCUT2D eigenvalue weighted by Gasteiger charge is 2.33. The van der Waals surface area contributed by atoms with Crippen molar-refractivity contribution in [3.8, 4) is 17.0 Å².